The number of rotatable bonds is 6. The first kappa shape index (κ1) is 20.5. The normalized spacial score (nSPS) is 13.5. The van der Waals surface area contributed by atoms with E-state index in [4.69, 9.17) is 0 Å². The van der Waals surface area contributed by atoms with Crippen LogP contribution in [0, 0.1) is 10.8 Å². The Morgan fingerprint density at radius 1 is 0.840 bits per heavy atom. The second-order valence-electron chi connectivity index (χ2n) is 7.17. The summed E-state index contributed by atoms with van der Waals surface area (Å²) < 4.78 is 0. The van der Waals surface area contributed by atoms with Gasteiger partial charge in [-0.25, -0.2) is 9.59 Å². The highest BCUT2D eigenvalue weighted by Crippen LogP contribution is 2.23. The molecule has 4 N–H and O–H groups in total. The lowest BCUT2D eigenvalue weighted by molar-refractivity contribution is -0.130. The van der Waals surface area contributed by atoms with Gasteiger partial charge in [-0.1, -0.05) is 52.9 Å². The highest BCUT2D eigenvalue weighted by molar-refractivity contribution is 7.19. The van der Waals surface area contributed by atoms with Crippen molar-refractivity contribution in [3.63, 3.8) is 0 Å². The minimum absolute atomic E-state index is 0.0591. The number of carboxylic acid groups (broad SMARTS) is 2. The predicted octanol–water partition coefficient (Wildman–Crippen LogP) is 2.34. The summed E-state index contributed by atoms with van der Waals surface area (Å²) in [5, 5.41) is 34.1. The maximum absolute atomic E-state index is 11.2. The Hall–Kier alpha value is -2.56. The lowest BCUT2D eigenvalue weighted by Gasteiger charge is -2.17. The van der Waals surface area contributed by atoms with Crippen LogP contribution in [0.25, 0.3) is 0 Å². The molecule has 0 unspecified atom stereocenters. The van der Waals surface area contributed by atoms with E-state index < -0.39 is 22.8 Å². The molecule has 0 aliphatic rings. The van der Waals surface area contributed by atoms with E-state index in [1.54, 1.807) is 41.5 Å². The summed E-state index contributed by atoms with van der Waals surface area (Å²) in [4.78, 5) is 22.4. The SMILES string of the molecule is CC(C)(C)/C(=N\Nc1nnc(N/N=C(/C(=O)O)C(C)(C)C)s1)C(=O)O. The Morgan fingerprint density at radius 3 is 1.40 bits per heavy atom. The summed E-state index contributed by atoms with van der Waals surface area (Å²) in [5.41, 5.74) is 3.65. The summed E-state index contributed by atoms with van der Waals surface area (Å²) in [6.45, 7) is 10.4. The van der Waals surface area contributed by atoms with Gasteiger partial charge in [0.15, 0.2) is 11.4 Å². The lowest BCUT2D eigenvalue weighted by Crippen LogP contribution is -2.29. The topological polar surface area (TPSA) is 149 Å². The van der Waals surface area contributed by atoms with Gasteiger partial charge in [-0.15, -0.1) is 10.2 Å². The standard InChI is InChI=1S/C14H22N6O4S/c1-13(2,3)7(9(21)22)15-17-11-19-20-12(25-11)18-16-8(10(23)24)14(4,5)6/h1-6H3,(H,17,19)(H,18,20)(H,21,22)(H,23,24)/b15-7-,16-8-. The van der Waals surface area contributed by atoms with Crippen molar-refractivity contribution in [2.45, 2.75) is 41.5 Å². The van der Waals surface area contributed by atoms with Crippen molar-refractivity contribution >= 4 is 45.0 Å². The van der Waals surface area contributed by atoms with Gasteiger partial charge in [-0.05, 0) is 0 Å². The van der Waals surface area contributed by atoms with Gasteiger partial charge in [0, 0.05) is 10.8 Å². The van der Waals surface area contributed by atoms with Crippen LogP contribution in [0.15, 0.2) is 10.2 Å². The Labute approximate surface area is 149 Å². The molecule has 0 aliphatic heterocycles. The fourth-order valence-electron chi connectivity index (χ4n) is 1.59. The highest BCUT2D eigenvalue weighted by Gasteiger charge is 2.27. The van der Waals surface area contributed by atoms with Crippen molar-refractivity contribution in [2.24, 2.45) is 21.0 Å². The molecule has 25 heavy (non-hydrogen) atoms. The molecule has 0 aliphatic carbocycles. The summed E-state index contributed by atoms with van der Waals surface area (Å²) >= 11 is 1.02. The van der Waals surface area contributed by atoms with Gasteiger partial charge >= 0.3 is 11.9 Å². The van der Waals surface area contributed by atoms with Gasteiger partial charge in [0.2, 0.25) is 10.3 Å². The molecule has 0 radical (unpaired) electrons. The molecular formula is C14H22N6O4S. The van der Waals surface area contributed by atoms with Crippen molar-refractivity contribution in [1.82, 2.24) is 10.2 Å². The van der Waals surface area contributed by atoms with E-state index in [1.165, 1.54) is 0 Å². The van der Waals surface area contributed by atoms with Gasteiger partial charge in [0.25, 0.3) is 0 Å². The Morgan fingerprint density at radius 2 is 1.16 bits per heavy atom. The molecule has 1 aromatic rings. The molecule has 1 rings (SSSR count). The fraction of sp³-hybridized carbons (Fsp3) is 0.571. The van der Waals surface area contributed by atoms with Gasteiger partial charge in [-0.2, -0.15) is 10.2 Å². The monoisotopic (exact) mass is 370 g/mol. The van der Waals surface area contributed by atoms with Crippen molar-refractivity contribution in [3.05, 3.63) is 0 Å². The van der Waals surface area contributed by atoms with Gasteiger partial charge < -0.3 is 10.2 Å². The number of carboxylic acids is 2. The Kier molecular flexibility index (Phi) is 6.19. The first-order chi connectivity index (χ1) is 11.3. The molecule has 11 heteroatoms. The number of aliphatic carboxylic acids is 2. The third-order valence-corrected chi connectivity index (χ3v) is 3.51. The number of anilines is 2. The number of nitrogens with zero attached hydrogens (tertiary/aromatic N) is 4. The highest BCUT2D eigenvalue weighted by atomic mass is 32.1. The molecule has 0 spiro atoms. The zero-order valence-electron chi connectivity index (χ0n) is 14.9. The zero-order chi connectivity index (χ0) is 19.4. The smallest absolute Gasteiger partial charge is 0.352 e. The average molecular weight is 370 g/mol. The average Bonchev–Trinajstić information content (AvgIpc) is 2.82. The van der Waals surface area contributed by atoms with E-state index in [9.17, 15) is 19.8 Å². The van der Waals surface area contributed by atoms with Crippen LogP contribution >= 0.6 is 11.3 Å². The van der Waals surface area contributed by atoms with Crippen molar-refractivity contribution < 1.29 is 19.8 Å². The minimum Gasteiger partial charge on any atom is -0.477 e. The summed E-state index contributed by atoms with van der Waals surface area (Å²) in [7, 11) is 0. The number of aromatic nitrogens is 2. The van der Waals surface area contributed by atoms with Crippen LogP contribution in [0.3, 0.4) is 0 Å². The summed E-state index contributed by atoms with van der Waals surface area (Å²) in [6, 6.07) is 0. The number of hydrogen-bond acceptors (Lipinski definition) is 9. The number of hydrogen-bond donors (Lipinski definition) is 4. The van der Waals surface area contributed by atoms with Crippen LogP contribution in [0.5, 0.6) is 0 Å². The third kappa shape index (κ3) is 6.10. The van der Waals surface area contributed by atoms with E-state index in [0.29, 0.717) is 0 Å². The van der Waals surface area contributed by atoms with Crippen LogP contribution in [0.2, 0.25) is 0 Å². The second kappa shape index (κ2) is 7.55. The lowest BCUT2D eigenvalue weighted by atomic mass is 9.90. The quantitative estimate of drug-likeness (QED) is 0.440. The van der Waals surface area contributed by atoms with E-state index in [-0.39, 0.29) is 21.7 Å². The van der Waals surface area contributed by atoms with Crippen LogP contribution < -0.4 is 10.9 Å². The molecule has 0 aromatic carbocycles. The number of nitrogens with one attached hydrogen (secondary N) is 2. The number of carbonyl (C=O) groups is 2. The number of hydrazone groups is 2. The summed E-state index contributed by atoms with van der Waals surface area (Å²) in [6.07, 6.45) is 0. The Balaban J connectivity index is 2.90. The third-order valence-electron chi connectivity index (χ3n) is 2.78. The maximum atomic E-state index is 11.2. The second-order valence-corrected chi connectivity index (χ2v) is 8.14. The van der Waals surface area contributed by atoms with E-state index in [1.807, 2.05) is 0 Å². The van der Waals surface area contributed by atoms with Crippen LogP contribution in [0.1, 0.15) is 41.5 Å². The largest absolute Gasteiger partial charge is 0.477 e. The van der Waals surface area contributed by atoms with Crippen LogP contribution in [-0.4, -0.2) is 43.8 Å². The molecule has 0 fully saturated rings. The predicted molar refractivity (Wildman–Crippen MR) is 96.2 cm³/mol. The van der Waals surface area contributed by atoms with Crippen molar-refractivity contribution in [3.8, 4) is 0 Å². The maximum Gasteiger partial charge on any atom is 0.352 e. The summed E-state index contributed by atoms with van der Waals surface area (Å²) in [5.74, 6) is -2.27. The van der Waals surface area contributed by atoms with E-state index in [2.05, 4.69) is 31.3 Å². The van der Waals surface area contributed by atoms with Gasteiger partial charge in [-0.3, -0.25) is 10.9 Å². The first-order valence-corrected chi connectivity index (χ1v) is 8.12. The first-order valence-electron chi connectivity index (χ1n) is 7.31. The molecular weight excluding hydrogens is 348 g/mol. The molecule has 1 aromatic heterocycles. The minimum atomic E-state index is -1.14. The molecule has 10 nitrogen and oxygen atoms in total. The van der Waals surface area contributed by atoms with E-state index >= 15 is 0 Å². The molecule has 1 heterocycles. The van der Waals surface area contributed by atoms with Crippen LogP contribution in [0.4, 0.5) is 10.3 Å². The van der Waals surface area contributed by atoms with Crippen molar-refractivity contribution in [1.29, 1.82) is 0 Å². The molecule has 0 amide bonds. The van der Waals surface area contributed by atoms with Crippen molar-refractivity contribution in [2.75, 3.05) is 10.9 Å². The zero-order valence-corrected chi connectivity index (χ0v) is 15.7. The Bertz CT molecular complexity index is 653. The fourth-order valence-corrected chi connectivity index (χ4v) is 2.12. The molecule has 0 bridgehead atoms. The van der Waals surface area contributed by atoms with Gasteiger partial charge in [0.05, 0.1) is 0 Å². The molecule has 0 atom stereocenters. The molecule has 0 saturated heterocycles. The van der Waals surface area contributed by atoms with Gasteiger partial charge in [0.1, 0.15) is 0 Å². The molecule has 138 valence electrons. The van der Waals surface area contributed by atoms with E-state index in [0.717, 1.165) is 11.3 Å². The molecule has 0 saturated carbocycles. The van der Waals surface area contributed by atoms with Crippen LogP contribution in [-0.2, 0) is 9.59 Å².